The number of amides is 1. The second kappa shape index (κ2) is 11.7. The minimum atomic E-state index is -3.79. The maximum Gasteiger partial charge on any atom is 0.248 e. The van der Waals surface area contributed by atoms with Crippen LogP contribution in [0.4, 0.5) is 0 Å². The summed E-state index contributed by atoms with van der Waals surface area (Å²) >= 11 is 0. The molecule has 3 fully saturated rings. The maximum atomic E-state index is 13.6. The number of sulfonamides is 1. The van der Waals surface area contributed by atoms with Crippen LogP contribution in [0.2, 0.25) is 0 Å². The van der Waals surface area contributed by atoms with Crippen molar-refractivity contribution < 1.29 is 17.7 Å². The Bertz CT molecular complexity index is 1230. The second-order valence-corrected chi connectivity index (χ2v) is 12.9. The zero-order valence-corrected chi connectivity index (χ0v) is 23.5. The van der Waals surface area contributed by atoms with Crippen LogP contribution in [0.3, 0.4) is 0 Å². The van der Waals surface area contributed by atoms with Gasteiger partial charge in [0.2, 0.25) is 15.9 Å². The predicted molar refractivity (Wildman–Crippen MR) is 148 cm³/mol. The molecule has 5 rings (SSSR count). The molecule has 0 unspecified atom stereocenters. The van der Waals surface area contributed by atoms with Gasteiger partial charge in [-0.3, -0.25) is 4.79 Å². The van der Waals surface area contributed by atoms with Crippen LogP contribution in [-0.4, -0.2) is 78.9 Å². The van der Waals surface area contributed by atoms with Gasteiger partial charge in [-0.05, 0) is 77.1 Å². The van der Waals surface area contributed by atoms with Gasteiger partial charge in [-0.2, -0.15) is 4.31 Å². The van der Waals surface area contributed by atoms with Gasteiger partial charge in [0, 0.05) is 38.1 Å². The van der Waals surface area contributed by atoms with Crippen molar-refractivity contribution in [2.75, 3.05) is 39.3 Å². The number of hydrogen-bond acceptors (Lipinski definition) is 6. The highest BCUT2D eigenvalue weighted by atomic mass is 32.2. The molecule has 1 aromatic carbocycles. The van der Waals surface area contributed by atoms with Crippen LogP contribution in [0.1, 0.15) is 67.5 Å². The Morgan fingerprint density at radius 2 is 1.55 bits per heavy atom. The lowest BCUT2D eigenvalue weighted by Crippen LogP contribution is -2.50. The summed E-state index contributed by atoms with van der Waals surface area (Å²) in [4.78, 5) is 18.0. The fourth-order valence-electron chi connectivity index (χ4n) is 6.11. The lowest BCUT2D eigenvalue weighted by atomic mass is 9.94. The van der Waals surface area contributed by atoms with E-state index in [1.165, 1.54) is 36.7 Å². The largest absolute Gasteiger partial charge is 0.355 e. The van der Waals surface area contributed by atoms with Crippen molar-refractivity contribution in [3.05, 3.63) is 46.8 Å². The van der Waals surface area contributed by atoms with Crippen molar-refractivity contribution in [3.8, 4) is 0 Å². The van der Waals surface area contributed by atoms with Crippen molar-refractivity contribution in [2.24, 2.45) is 5.92 Å². The first-order chi connectivity index (χ1) is 18.3. The highest BCUT2D eigenvalue weighted by Crippen LogP contribution is 2.31. The fraction of sp³-hybridized carbons (Fsp3) is 0.586. The molecule has 8 nitrogen and oxygen atoms in total. The summed E-state index contributed by atoms with van der Waals surface area (Å²) in [5.74, 6) is 0.317. The first kappa shape index (κ1) is 27.1. The van der Waals surface area contributed by atoms with Gasteiger partial charge in [-0.1, -0.05) is 47.5 Å². The molecule has 0 spiro atoms. The van der Waals surface area contributed by atoms with Gasteiger partial charge in [0.1, 0.15) is 5.69 Å². The summed E-state index contributed by atoms with van der Waals surface area (Å²) in [6.07, 6.45) is 10.6. The molecule has 9 heteroatoms. The summed E-state index contributed by atoms with van der Waals surface area (Å²) in [5.41, 5.74) is 2.46. The normalized spacial score (nSPS) is 21.4. The van der Waals surface area contributed by atoms with Crippen molar-refractivity contribution in [1.29, 1.82) is 0 Å². The molecule has 0 aliphatic carbocycles. The van der Waals surface area contributed by atoms with Gasteiger partial charge in [0.05, 0.1) is 0 Å². The van der Waals surface area contributed by atoms with Crippen LogP contribution < -0.4 is 0 Å². The van der Waals surface area contributed by atoms with E-state index in [0.29, 0.717) is 37.7 Å². The number of hydrogen-bond donors (Lipinski definition) is 0. The van der Waals surface area contributed by atoms with Crippen LogP contribution in [0.25, 0.3) is 12.2 Å². The highest BCUT2D eigenvalue weighted by Gasteiger charge is 2.38. The van der Waals surface area contributed by atoms with E-state index in [2.05, 4.69) is 10.1 Å². The van der Waals surface area contributed by atoms with E-state index in [1.807, 2.05) is 42.2 Å². The second-order valence-electron chi connectivity index (χ2n) is 11.0. The van der Waals surface area contributed by atoms with E-state index in [1.54, 1.807) is 13.0 Å². The monoisotopic (exact) mass is 540 g/mol. The third kappa shape index (κ3) is 5.90. The summed E-state index contributed by atoms with van der Waals surface area (Å²) in [6, 6.07) is 8.56. The Morgan fingerprint density at radius 3 is 2.21 bits per heavy atom. The van der Waals surface area contributed by atoms with Gasteiger partial charge in [0.15, 0.2) is 10.7 Å². The van der Waals surface area contributed by atoms with Crippen LogP contribution in [0.15, 0.2) is 33.7 Å². The molecule has 0 N–H and O–H groups in total. The highest BCUT2D eigenvalue weighted by molar-refractivity contribution is 7.89. The third-order valence-electron chi connectivity index (χ3n) is 8.42. The van der Waals surface area contributed by atoms with Crippen molar-refractivity contribution >= 4 is 28.1 Å². The number of benzene rings is 1. The first-order valence-electron chi connectivity index (χ1n) is 14.1. The average molecular weight is 541 g/mol. The lowest BCUT2D eigenvalue weighted by molar-refractivity contribution is -0.138. The lowest BCUT2D eigenvalue weighted by Gasteiger charge is -2.41. The molecule has 4 heterocycles. The maximum absolute atomic E-state index is 13.6. The predicted octanol–water partition coefficient (Wildman–Crippen LogP) is 4.34. The number of rotatable bonds is 6. The third-order valence-corrected chi connectivity index (χ3v) is 10.5. The van der Waals surface area contributed by atoms with Gasteiger partial charge >= 0.3 is 0 Å². The molecule has 1 amide bonds. The minimum Gasteiger partial charge on any atom is -0.355 e. The van der Waals surface area contributed by atoms with E-state index >= 15 is 0 Å². The van der Waals surface area contributed by atoms with Crippen LogP contribution in [0, 0.1) is 19.8 Å². The Morgan fingerprint density at radius 1 is 0.895 bits per heavy atom. The Labute approximate surface area is 226 Å². The van der Waals surface area contributed by atoms with E-state index in [0.717, 1.165) is 37.1 Å². The molecular formula is C29H40N4O4S. The van der Waals surface area contributed by atoms with Crippen molar-refractivity contribution in [1.82, 2.24) is 19.3 Å². The summed E-state index contributed by atoms with van der Waals surface area (Å²) in [5, 5.41) is 3.95. The molecule has 3 aliphatic heterocycles. The van der Waals surface area contributed by atoms with Gasteiger partial charge in [0.25, 0.3) is 0 Å². The fourth-order valence-corrected chi connectivity index (χ4v) is 7.83. The van der Waals surface area contributed by atoms with Crippen LogP contribution >= 0.6 is 0 Å². The van der Waals surface area contributed by atoms with Crippen LogP contribution in [-0.2, 0) is 14.8 Å². The zero-order valence-electron chi connectivity index (χ0n) is 22.6. The van der Waals surface area contributed by atoms with Gasteiger partial charge in [-0.25, -0.2) is 8.42 Å². The van der Waals surface area contributed by atoms with E-state index in [4.69, 9.17) is 4.52 Å². The number of nitrogens with zero attached hydrogens (tertiary/aromatic N) is 4. The number of piperidine rings is 3. The molecule has 0 radical (unpaired) electrons. The minimum absolute atomic E-state index is 0.113. The number of carbonyl (C=O) groups excluding carboxylic acids is 1. The smallest absolute Gasteiger partial charge is 0.248 e. The standard InChI is InChI=1S/C29H40N4O4S/c1-22-6-8-24(9-7-22)10-11-27-28(23(2)30-37-27)38(35,36)33-20-12-25(13-21-33)29(34)32-18-14-26(15-19-32)31-16-4-3-5-17-31/h6-11,25-26H,3-5,12-21H2,1-2H3. The SMILES string of the molecule is Cc1ccc(C=Cc2onc(C)c2S(=O)(=O)N2CCC(C(=O)N3CCC(N4CCCCC4)CC3)CC2)cc1. The number of carbonyl (C=O) groups is 1. The number of aromatic nitrogens is 1. The van der Waals surface area contributed by atoms with E-state index < -0.39 is 10.0 Å². The molecule has 38 heavy (non-hydrogen) atoms. The molecule has 2 aromatic rings. The Hall–Kier alpha value is -2.49. The number of likely N-dealkylation sites (tertiary alicyclic amines) is 2. The van der Waals surface area contributed by atoms with Gasteiger partial charge in [-0.15, -0.1) is 0 Å². The van der Waals surface area contributed by atoms with E-state index in [-0.39, 0.29) is 22.5 Å². The molecule has 3 aliphatic rings. The van der Waals surface area contributed by atoms with Crippen molar-refractivity contribution in [2.45, 2.75) is 69.7 Å². The summed E-state index contributed by atoms with van der Waals surface area (Å²) < 4.78 is 34.1. The molecule has 3 saturated heterocycles. The Balaban J connectivity index is 1.18. The van der Waals surface area contributed by atoms with E-state index in [9.17, 15) is 13.2 Å². The number of aryl methyl sites for hydroxylation is 2. The zero-order chi connectivity index (χ0) is 26.7. The quantitative estimate of drug-likeness (QED) is 0.542. The molecule has 1 aromatic heterocycles. The van der Waals surface area contributed by atoms with Gasteiger partial charge < -0.3 is 14.3 Å². The average Bonchev–Trinajstić information content (AvgIpc) is 3.34. The summed E-state index contributed by atoms with van der Waals surface area (Å²) in [7, 11) is -3.79. The summed E-state index contributed by atoms with van der Waals surface area (Å²) in [6.45, 7) is 8.35. The van der Waals surface area contributed by atoms with Crippen molar-refractivity contribution in [3.63, 3.8) is 0 Å². The molecule has 206 valence electrons. The Kier molecular flexibility index (Phi) is 8.35. The molecule has 0 bridgehead atoms. The van der Waals surface area contributed by atoms with Crippen LogP contribution in [0.5, 0.6) is 0 Å². The topological polar surface area (TPSA) is 87.0 Å². The first-order valence-corrected chi connectivity index (χ1v) is 15.5. The molecule has 0 atom stereocenters. The molecule has 0 saturated carbocycles. The molecular weight excluding hydrogens is 500 g/mol.